The second kappa shape index (κ2) is 3.42. The predicted octanol–water partition coefficient (Wildman–Crippen LogP) is 0.682. The van der Waals surface area contributed by atoms with E-state index >= 15 is 0 Å². The van der Waals surface area contributed by atoms with Gasteiger partial charge in [-0.3, -0.25) is 0 Å². The Balaban J connectivity index is 2.59. The molecule has 0 aliphatic carbocycles. The summed E-state index contributed by atoms with van der Waals surface area (Å²) in [7, 11) is 5.40. The summed E-state index contributed by atoms with van der Waals surface area (Å²) in [5.74, 6) is -0.234. The Bertz CT molecular complexity index is 184. The molecule has 10 heavy (non-hydrogen) atoms. The maximum absolute atomic E-state index is 5.40. The Hall–Kier alpha value is -0.755. The van der Waals surface area contributed by atoms with Gasteiger partial charge in [0, 0.05) is 0 Å². The molecule has 2 heteroatoms. The first kappa shape index (κ1) is 7.35. The molecular formula is C8H10BN. The minimum absolute atomic E-state index is 0.234. The average Bonchev–Trinajstić information content (AvgIpc) is 1.88. The third-order valence-electron chi connectivity index (χ3n) is 1.31. The lowest BCUT2D eigenvalue weighted by Gasteiger charge is -2.03. The Labute approximate surface area is 62.7 Å². The third-order valence-corrected chi connectivity index (χ3v) is 1.31. The van der Waals surface area contributed by atoms with E-state index in [0.717, 1.165) is 6.42 Å². The van der Waals surface area contributed by atoms with Gasteiger partial charge in [0.15, 0.2) is 0 Å². The van der Waals surface area contributed by atoms with Crippen molar-refractivity contribution in [1.29, 1.82) is 0 Å². The summed E-state index contributed by atoms with van der Waals surface area (Å²) in [4.78, 5) is 0. The minimum atomic E-state index is -0.234. The average molecular weight is 131 g/mol. The van der Waals surface area contributed by atoms with E-state index in [2.05, 4.69) is 0 Å². The lowest BCUT2D eigenvalue weighted by atomic mass is 9.91. The van der Waals surface area contributed by atoms with E-state index in [1.54, 1.807) is 0 Å². The molecule has 2 N–H and O–H groups in total. The molecule has 0 spiro atoms. The van der Waals surface area contributed by atoms with E-state index in [1.165, 1.54) is 5.56 Å². The van der Waals surface area contributed by atoms with Crippen LogP contribution < -0.4 is 5.73 Å². The van der Waals surface area contributed by atoms with Gasteiger partial charge in [-0.15, -0.1) is 0 Å². The number of rotatable bonds is 2. The molecule has 0 amide bonds. The van der Waals surface area contributed by atoms with Crippen LogP contribution in [0.4, 0.5) is 0 Å². The van der Waals surface area contributed by atoms with Crippen LogP contribution in [0.25, 0.3) is 0 Å². The molecule has 0 bridgehead atoms. The van der Waals surface area contributed by atoms with Crippen LogP contribution in [-0.4, -0.2) is 13.8 Å². The van der Waals surface area contributed by atoms with Crippen LogP contribution in [0.2, 0.25) is 0 Å². The molecule has 0 aliphatic rings. The first-order valence-corrected chi connectivity index (χ1v) is 3.34. The summed E-state index contributed by atoms with van der Waals surface area (Å²) >= 11 is 0. The summed E-state index contributed by atoms with van der Waals surface area (Å²) in [5.41, 5.74) is 6.59. The lowest BCUT2D eigenvalue weighted by Crippen LogP contribution is -2.22. The highest BCUT2D eigenvalue weighted by molar-refractivity contribution is 6.11. The van der Waals surface area contributed by atoms with Crippen LogP contribution in [0.1, 0.15) is 5.56 Å². The van der Waals surface area contributed by atoms with Crippen molar-refractivity contribution in [2.75, 3.05) is 0 Å². The van der Waals surface area contributed by atoms with Gasteiger partial charge in [0.05, 0.1) is 7.85 Å². The highest BCUT2D eigenvalue weighted by atomic mass is 14.6. The second-order valence-corrected chi connectivity index (χ2v) is 2.35. The van der Waals surface area contributed by atoms with Crippen LogP contribution in [-0.2, 0) is 6.42 Å². The van der Waals surface area contributed by atoms with E-state index in [1.807, 2.05) is 30.3 Å². The molecule has 0 aliphatic heterocycles. The molecule has 1 unspecified atom stereocenters. The fraction of sp³-hybridized carbons (Fsp3) is 0.250. The lowest BCUT2D eigenvalue weighted by molar-refractivity contribution is 0.888. The van der Waals surface area contributed by atoms with Crippen molar-refractivity contribution >= 4 is 7.85 Å². The summed E-state index contributed by atoms with van der Waals surface area (Å²) in [5, 5.41) is 0. The van der Waals surface area contributed by atoms with Crippen molar-refractivity contribution in [2.24, 2.45) is 5.73 Å². The van der Waals surface area contributed by atoms with Gasteiger partial charge in [0.1, 0.15) is 0 Å². The van der Waals surface area contributed by atoms with E-state index in [0.29, 0.717) is 0 Å². The molecule has 1 nitrogen and oxygen atoms in total. The van der Waals surface area contributed by atoms with Crippen molar-refractivity contribution < 1.29 is 0 Å². The summed E-state index contributed by atoms with van der Waals surface area (Å²) < 4.78 is 0. The van der Waals surface area contributed by atoms with Crippen molar-refractivity contribution in [3.05, 3.63) is 35.9 Å². The first-order chi connectivity index (χ1) is 4.79. The highest BCUT2D eigenvalue weighted by Gasteiger charge is 1.94. The fourth-order valence-corrected chi connectivity index (χ4v) is 0.886. The standard InChI is InChI=1S/C8H10BN/c9-8(10)6-7-4-2-1-3-5-7/h1-5,8H,6,10H2. The molecule has 0 aromatic heterocycles. The summed E-state index contributed by atoms with van der Waals surface area (Å²) in [6.45, 7) is 0. The van der Waals surface area contributed by atoms with E-state index in [4.69, 9.17) is 13.6 Å². The molecule has 1 aromatic rings. The van der Waals surface area contributed by atoms with E-state index in [-0.39, 0.29) is 5.94 Å². The monoisotopic (exact) mass is 131 g/mol. The van der Waals surface area contributed by atoms with Gasteiger partial charge >= 0.3 is 0 Å². The Kier molecular flexibility index (Phi) is 2.52. The smallest absolute Gasteiger partial charge is 0.0907 e. The Morgan fingerprint density at radius 2 is 1.90 bits per heavy atom. The molecule has 2 radical (unpaired) electrons. The largest absolute Gasteiger partial charge is 0.336 e. The second-order valence-electron chi connectivity index (χ2n) is 2.35. The molecule has 0 heterocycles. The minimum Gasteiger partial charge on any atom is -0.336 e. The molecule has 0 saturated heterocycles. The Morgan fingerprint density at radius 3 is 2.40 bits per heavy atom. The maximum Gasteiger partial charge on any atom is 0.0907 e. The van der Waals surface area contributed by atoms with E-state index < -0.39 is 0 Å². The zero-order chi connectivity index (χ0) is 7.40. The van der Waals surface area contributed by atoms with Gasteiger partial charge in [0.25, 0.3) is 0 Å². The molecule has 1 atom stereocenters. The van der Waals surface area contributed by atoms with Gasteiger partial charge in [0.2, 0.25) is 0 Å². The number of hydrogen-bond donors (Lipinski definition) is 1. The van der Waals surface area contributed by atoms with Crippen LogP contribution in [0.3, 0.4) is 0 Å². The van der Waals surface area contributed by atoms with Crippen molar-refractivity contribution in [1.82, 2.24) is 0 Å². The Morgan fingerprint density at radius 1 is 1.30 bits per heavy atom. The molecular weight excluding hydrogens is 121 g/mol. The topological polar surface area (TPSA) is 26.0 Å². The number of benzene rings is 1. The van der Waals surface area contributed by atoms with Gasteiger partial charge in [-0.05, 0) is 17.9 Å². The van der Waals surface area contributed by atoms with Gasteiger partial charge in [-0.2, -0.15) is 0 Å². The van der Waals surface area contributed by atoms with Crippen LogP contribution in [0, 0.1) is 0 Å². The maximum atomic E-state index is 5.40. The molecule has 0 fully saturated rings. The van der Waals surface area contributed by atoms with Crippen LogP contribution in [0.15, 0.2) is 30.3 Å². The molecule has 1 aromatic carbocycles. The van der Waals surface area contributed by atoms with Crippen molar-refractivity contribution in [2.45, 2.75) is 12.4 Å². The third kappa shape index (κ3) is 2.23. The zero-order valence-electron chi connectivity index (χ0n) is 5.83. The zero-order valence-corrected chi connectivity index (χ0v) is 5.83. The summed E-state index contributed by atoms with van der Waals surface area (Å²) in [6, 6.07) is 9.99. The quantitative estimate of drug-likeness (QED) is 0.587. The number of nitrogens with two attached hydrogens (primary N) is 1. The first-order valence-electron chi connectivity index (χ1n) is 3.34. The fourth-order valence-electron chi connectivity index (χ4n) is 0.886. The van der Waals surface area contributed by atoms with Gasteiger partial charge in [-0.1, -0.05) is 30.3 Å². The van der Waals surface area contributed by atoms with Gasteiger partial charge in [-0.25, -0.2) is 0 Å². The molecule has 1 rings (SSSR count). The SMILES string of the molecule is [B]C(N)Cc1ccccc1. The molecule has 0 saturated carbocycles. The summed E-state index contributed by atoms with van der Waals surface area (Å²) in [6.07, 6.45) is 0.751. The number of hydrogen-bond acceptors (Lipinski definition) is 1. The normalized spacial score (nSPS) is 12.9. The van der Waals surface area contributed by atoms with Gasteiger partial charge < -0.3 is 5.73 Å². The van der Waals surface area contributed by atoms with Crippen LogP contribution in [0.5, 0.6) is 0 Å². The molecule has 50 valence electrons. The van der Waals surface area contributed by atoms with Crippen molar-refractivity contribution in [3.63, 3.8) is 0 Å². The predicted molar refractivity (Wildman–Crippen MR) is 43.9 cm³/mol. The highest BCUT2D eigenvalue weighted by Crippen LogP contribution is 1.99. The van der Waals surface area contributed by atoms with Crippen LogP contribution >= 0.6 is 0 Å². The van der Waals surface area contributed by atoms with E-state index in [9.17, 15) is 0 Å². The van der Waals surface area contributed by atoms with Crippen molar-refractivity contribution in [3.8, 4) is 0 Å².